The summed E-state index contributed by atoms with van der Waals surface area (Å²) in [6.07, 6.45) is -1.14. The fraction of sp³-hybridized carbons (Fsp3) is 0.125. The van der Waals surface area contributed by atoms with Gasteiger partial charge < -0.3 is 9.52 Å². The van der Waals surface area contributed by atoms with Crippen LogP contribution in [0.4, 0.5) is 8.78 Å². The van der Waals surface area contributed by atoms with Crippen molar-refractivity contribution in [1.29, 1.82) is 0 Å². The second-order valence-corrected chi connectivity index (χ2v) is 4.67. The molecule has 1 atom stereocenters. The lowest BCUT2D eigenvalue weighted by molar-refractivity contribution is 0.218. The molecule has 0 aliphatic heterocycles. The number of para-hydroxylation sites is 1. The number of hydrogen-bond donors (Lipinski definition) is 1. The average molecular weight is 274 g/mol. The van der Waals surface area contributed by atoms with Crippen molar-refractivity contribution in [3.63, 3.8) is 0 Å². The maximum atomic E-state index is 13.3. The van der Waals surface area contributed by atoms with Gasteiger partial charge in [0.05, 0.1) is 0 Å². The summed E-state index contributed by atoms with van der Waals surface area (Å²) in [5.74, 6) is -0.905. The summed E-state index contributed by atoms with van der Waals surface area (Å²) in [4.78, 5) is 0. The van der Waals surface area contributed by atoms with Crippen LogP contribution in [0.15, 0.2) is 46.9 Å². The minimum Gasteiger partial charge on any atom is -0.461 e. The molecular weight excluding hydrogens is 262 g/mol. The zero-order valence-electron chi connectivity index (χ0n) is 10.7. The van der Waals surface area contributed by atoms with E-state index in [2.05, 4.69) is 0 Å². The Bertz CT molecular complexity index is 757. The van der Waals surface area contributed by atoms with Crippen LogP contribution in [0.1, 0.15) is 23.0 Å². The van der Waals surface area contributed by atoms with Gasteiger partial charge in [-0.25, -0.2) is 8.78 Å². The van der Waals surface area contributed by atoms with Crippen LogP contribution < -0.4 is 0 Å². The van der Waals surface area contributed by atoms with E-state index in [9.17, 15) is 13.9 Å². The van der Waals surface area contributed by atoms with Crippen molar-refractivity contribution in [3.8, 4) is 0 Å². The largest absolute Gasteiger partial charge is 0.461 e. The normalized spacial score (nSPS) is 12.8. The van der Waals surface area contributed by atoms with Gasteiger partial charge in [0.2, 0.25) is 0 Å². The van der Waals surface area contributed by atoms with Crippen LogP contribution in [0.5, 0.6) is 0 Å². The summed E-state index contributed by atoms with van der Waals surface area (Å²) in [5.41, 5.74) is 1.33. The topological polar surface area (TPSA) is 33.4 Å². The number of benzene rings is 2. The Morgan fingerprint density at radius 1 is 1.05 bits per heavy atom. The number of hydrogen-bond acceptors (Lipinski definition) is 2. The summed E-state index contributed by atoms with van der Waals surface area (Å²) >= 11 is 0. The molecule has 0 saturated carbocycles. The molecule has 0 amide bonds. The van der Waals surface area contributed by atoms with Gasteiger partial charge in [-0.05, 0) is 30.7 Å². The molecule has 1 aromatic heterocycles. The number of aliphatic hydroxyl groups is 1. The van der Waals surface area contributed by atoms with E-state index in [4.69, 9.17) is 4.42 Å². The Balaban J connectivity index is 2.17. The highest BCUT2D eigenvalue weighted by Gasteiger charge is 2.21. The third-order valence-corrected chi connectivity index (χ3v) is 3.29. The van der Waals surface area contributed by atoms with Gasteiger partial charge >= 0.3 is 0 Å². The lowest BCUT2D eigenvalue weighted by Crippen LogP contribution is -2.02. The first-order valence-corrected chi connectivity index (χ1v) is 6.18. The summed E-state index contributed by atoms with van der Waals surface area (Å²) in [5, 5.41) is 11.2. The summed E-state index contributed by atoms with van der Waals surface area (Å²) in [6, 6.07) is 10.2. The fourth-order valence-corrected chi connectivity index (χ4v) is 2.43. The number of halogens is 2. The first-order valence-electron chi connectivity index (χ1n) is 6.18. The molecular formula is C16H12F2O2. The summed E-state index contributed by atoms with van der Waals surface area (Å²) in [6.45, 7) is 1.72. The molecule has 3 aromatic rings. The molecule has 1 N–H and O–H groups in total. The molecule has 0 spiro atoms. The Labute approximate surface area is 114 Å². The SMILES string of the molecule is Cc1oc2ccccc2c1C(O)c1cc(F)cc(F)c1. The standard InChI is InChI=1S/C16H12F2O2/c1-9-15(13-4-2-3-5-14(13)20-9)16(19)10-6-11(17)8-12(18)7-10/h2-8,16,19H,1H3. The third-order valence-electron chi connectivity index (χ3n) is 3.29. The van der Waals surface area contributed by atoms with Gasteiger partial charge in [-0.15, -0.1) is 0 Å². The molecule has 1 heterocycles. The van der Waals surface area contributed by atoms with Gasteiger partial charge in [-0.2, -0.15) is 0 Å². The first kappa shape index (κ1) is 12.8. The third kappa shape index (κ3) is 2.08. The van der Waals surface area contributed by atoms with Crippen LogP contribution in [0, 0.1) is 18.6 Å². The van der Waals surface area contributed by atoms with Crippen LogP contribution in [-0.4, -0.2) is 5.11 Å². The predicted molar refractivity (Wildman–Crippen MR) is 71.4 cm³/mol. The van der Waals surface area contributed by atoms with Crippen molar-refractivity contribution in [2.24, 2.45) is 0 Å². The van der Waals surface area contributed by atoms with Crippen molar-refractivity contribution >= 4 is 11.0 Å². The van der Waals surface area contributed by atoms with Crippen molar-refractivity contribution in [2.75, 3.05) is 0 Å². The zero-order chi connectivity index (χ0) is 14.3. The van der Waals surface area contributed by atoms with Gasteiger partial charge in [0.25, 0.3) is 0 Å². The minimum atomic E-state index is -1.14. The van der Waals surface area contributed by atoms with Crippen LogP contribution in [0.2, 0.25) is 0 Å². The van der Waals surface area contributed by atoms with E-state index in [0.717, 1.165) is 23.6 Å². The van der Waals surface area contributed by atoms with Crippen molar-refractivity contribution in [2.45, 2.75) is 13.0 Å². The van der Waals surface area contributed by atoms with E-state index in [-0.39, 0.29) is 5.56 Å². The van der Waals surface area contributed by atoms with E-state index < -0.39 is 17.7 Å². The van der Waals surface area contributed by atoms with Crippen molar-refractivity contribution in [1.82, 2.24) is 0 Å². The molecule has 102 valence electrons. The Morgan fingerprint density at radius 3 is 2.40 bits per heavy atom. The van der Waals surface area contributed by atoms with Gasteiger partial charge in [0, 0.05) is 17.0 Å². The van der Waals surface area contributed by atoms with Crippen LogP contribution in [0.3, 0.4) is 0 Å². The van der Waals surface area contributed by atoms with Crippen LogP contribution in [-0.2, 0) is 0 Å². The van der Waals surface area contributed by atoms with Crippen LogP contribution >= 0.6 is 0 Å². The van der Waals surface area contributed by atoms with E-state index >= 15 is 0 Å². The smallest absolute Gasteiger partial charge is 0.134 e. The maximum Gasteiger partial charge on any atom is 0.134 e. The summed E-state index contributed by atoms with van der Waals surface area (Å²) in [7, 11) is 0. The Morgan fingerprint density at radius 2 is 1.70 bits per heavy atom. The fourth-order valence-electron chi connectivity index (χ4n) is 2.43. The molecule has 3 rings (SSSR count). The van der Waals surface area contributed by atoms with E-state index in [1.165, 1.54) is 0 Å². The molecule has 0 aliphatic rings. The highest BCUT2D eigenvalue weighted by molar-refractivity contribution is 5.83. The summed E-state index contributed by atoms with van der Waals surface area (Å²) < 4.78 is 32.1. The van der Waals surface area contributed by atoms with Crippen molar-refractivity contribution < 1.29 is 18.3 Å². The first-order chi connectivity index (χ1) is 9.56. The Hall–Kier alpha value is -2.20. The van der Waals surface area contributed by atoms with E-state index in [1.54, 1.807) is 19.1 Å². The van der Waals surface area contributed by atoms with Gasteiger partial charge in [-0.3, -0.25) is 0 Å². The molecule has 1 unspecified atom stereocenters. The molecule has 2 nitrogen and oxygen atoms in total. The Kier molecular flexibility index (Phi) is 3.03. The molecule has 20 heavy (non-hydrogen) atoms. The molecule has 0 bridgehead atoms. The molecule has 4 heteroatoms. The van der Waals surface area contributed by atoms with Gasteiger partial charge in [-0.1, -0.05) is 18.2 Å². The zero-order valence-corrected chi connectivity index (χ0v) is 10.7. The highest BCUT2D eigenvalue weighted by atomic mass is 19.1. The van der Waals surface area contributed by atoms with E-state index in [0.29, 0.717) is 16.9 Å². The highest BCUT2D eigenvalue weighted by Crippen LogP contribution is 2.34. The number of aryl methyl sites for hydroxylation is 1. The lowest BCUT2D eigenvalue weighted by atomic mass is 9.98. The number of rotatable bonds is 2. The second-order valence-electron chi connectivity index (χ2n) is 4.67. The van der Waals surface area contributed by atoms with Crippen molar-refractivity contribution in [3.05, 3.63) is 71.0 Å². The molecule has 0 fully saturated rings. The average Bonchev–Trinajstić information content (AvgIpc) is 2.72. The van der Waals surface area contributed by atoms with Gasteiger partial charge in [0.1, 0.15) is 29.1 Å². The van der Waals surface area contributed by atoms with Gasteiger partial charge in [0.15, 0.2) is 0 Å². The number of fused-ring (bicyclic) bond motifs is 1. The number of aliphatic hydroxyl groups excluding tert-OH is 1. The molecule has 0 aliphatic carbocycles. The molecule has 0 radical (unpaired) electrons. The predicted octanol–water partition coefficient (Wildman–Crippen LogP) is 4.10. The monoisotopic (exact) mass is 274 g/mol. The van der Waals surface area contributed by atoms with E-state index in [1.807, 2.05) is 12.1 Å². The molecule has 2 aromatic carbocycles. The number of furan rings is 1. The second kappa shape index (κ2) is 4.72. The maximum absolute atomic E-state index is 13.3. The molecule has 0 saturated heterocycles. The minimum absolute atomic E-state index is 0.164. The quantitative estimate of drug-likeness (QED) is 0.763. The van der Waals surface area contributed by atoms with Crippen LogP contribution in [0.25, 0.3) is 11.0 Å². The lowest BCUT2D eigenvalue weighted by Gasteiger charge is -2.11.